The Morgan fingerprint density at radius 3 is 2.75 bits per heavy atom. The first-order valence-electron chi connectivity index (χ1n) is 7.71. The zero-order chi connectivity index (χ0) is 16.4. The number of nitrogens with zero attached hydrogens (tertiary/aromatic N) is 3. The van der Waals surface area contributed by atoms with E-state index < -0.39 is 5.97 Å². The standard InChI is InChI=1S/C18H14N4O2/c1-10-13-14-12-8-5-9-21(12)16(19)15(14)18(23)24-17(13)22(20-10)11-6-3-2-4-7-11/h2-9,14H,19H2,1H3. The van der Waals surface area contributed by atoms with E-state index >= 15 is 0 Å². The fourth-order valence-electron chi connectivity index (χ4n) is 3.62. The number of carbonyl (C=O) groups excluding carboxylic acids is 1. The Labute approximate surface area is 137 Å². The molecule has 2 N–H and O–H groups in total. The maximum Gasteiger partial charge on any atom is 0.345 e. The van der Waals surface area contributed by atoms with E-state index in [2.05, 4.69) is 5.10 Å². The summed E-state index contributed by atoms with van der Waals surface area (Å²) in [6.45, 7) is 1.93. The highest BCUT2D eigenvalue weighted by molar-refractivity contribution is 6.01. The van der Waals surface area contributed by atoms with Gasteiger partial charge in [0.05, 0.1) is 28.4 Å². The van der Waals surface area contributed by atoms with Crippen molar-refractivity contribution in [3.05, 3.63) is 71.2 Å². The van der Waals surface area contributed by atoms with Crippen LogP contribution < -0.4 is 10.5 Å². The summed E-state index contributed by atoms with van der Waals surface area (Å²) in [6, 6.07) is 13.5. The maximum atomic E-state index is 12.6. The minimum Gasteiger partial charge on any atom is -0.403 e. The third-order valence-electron chi connectivity index (χ3n) is 4.66. The van der Waals surface area contributed by atoms with Gasteiger partial charge in [-0.15, -0.1) is 0 Å². The third-order valence-corrected chi connectivity index (χ3v) is 4.66. The fourth-order valence-corrected chi connectivity index (χ4v) is 3.62. The smallest absolute Gasteiger partial charge is 0.345 e. The van der Waals surface area contributed by atoms with Crippen molar-refractivity contribution < 1.29 is 9.53 Å². The summed E-state index contributed by atoms with van der Waals surface area (Å²) in [6.07, 6.45) is 1.86. The molecule has 24 heavy (non-hydrogen) atoms. The molecule has 1 aromatic carbocycles. The highest BCUT2D eigenvalue weighted by Crippen LogP contribution is 2.48. The SMILES string of the molecule is Cc1nn(-c2ccccc2)c2c1C1C(=C(N)n3cccc31)C(=O)O2. The maximum absolute atomic E-state index is 12.6. The van der Waals surface area contributed by atoms with Gasteiger partial charge in [0.25, 0.3) is 0 Å². The van der Waals surface area contributed by atoms with Crippen LogP contribution in [0.3, 0.4) is 0 Å². The molecule has 0 fully saturated rings. The lowest BCUT2D eigenvalue weighted by Gasteiger charge is -2.21. The van der Waals surface area contributed by atoms with Crippen molar-refractivity contribution >= 4 is 11.8 Å². The number of nitrogens with two attached hydrogens (primary N) is 1. The van der Waals surface area contributed by atoms with Gasteiger partial charge in [0, 0.05) is 11.9 Å². The van der Waals surface area contributed by atoms with E-state index in [1.807, 2.05) is 60.2 Å². The van der Waals surface area contributed by atoms with Crippen LogP contribution in [-0.4, -0.2) is 20.3 Å². The molecular formula is C18H14N4O2. The molecule has 1 atom stereocenters. The van der Waals surface area contributed by atoms with Crippen LogP contribution in [0.25, 0.3) is 11.5 Å². The zero-order valence-corrected chi connectivity index (χ0v) is 12.9. The molecule has 4 heterocycles. The van der Waals surface area contributed by atoms with Crippen molar-refractivity contribution in [2.24, 2.45) is 5.73 Å². The van der Waals surface area contributed by atoms with Gasteiger partial charge in [0.1, 0.15) is 5.82 Å². The van der Waals surface area contributed by atoms with E-state index in [4.69, 9.17) is 10.5 Å². The van der Waals surface area contributed by atoms with Gasteiger partial charge in [-0.1, -0.05) is 18.2 Å². The molecule has 0 spiro atoms. The lowest BCUT2D eigenvalue weighted by Crippen LogP contribution is -2.25. The molecule has 6 heteroatoms. The second-order valence-electron chi connectivity index (χ2n) is 5.98. The molecule has 3 aromatic rings. The number of aryl methyl sites for hydroxylation is 1. The monoisotopic (exact) mass is 318 g/mol. The lowest BCUT2D eigenvalue weighted by molar-refractivity contribution is -0.131. The molecule has 0 bridgehead atoms. The zero-order valence-electron chi connectivity index (χ0n) is 12.9. The van der Waals surface area contributed by atoms with Crippen molar-refractivity contribution in [2.75, 3.05) is 0 Å². The lowest BCUT2D eigenvalue weighted by atomic mass is 9.88. The van der Waals surface area contributed by atoms with Gasteiger partial charge in [-0.3, -0.25) is 0 Å². The predicted octanol–water partition coefficient (Wildman–Crippen LogP) is 2.17. The van der Waals surface area contributed by atoms with Crippen molar-refractivity contribution in [3.63, 3.8) is 0 Å². The van der Waals surface area contributed by atoms with Gasteiger partial charge < -0.3 is 15.0 Å². The number of benzene rings is 1. The number of esters is 1. The molecule has 5 rings (SSSR count). The number of hydrogen-bond donors (Lipinski definition) is 1. The van der Waals surface area contributed by atoms with E-state index in [9.17, 15) is 4.79 Å². The molecule has 2 aliphatic rings. The summed E-state index contributed by atoms with van der Waals surface area (Å²) in [5, 5.41) is 4.61. The van der Waals surface area contributed by atoms with Gasteiger partial charge in [-0.2, -0.15) is 5.10 Å². The fraction of sp³-hybridized carbons (Fsp3) is 0.111. The van der Waals surface area contributed by atoms with Crippen LogP contribution >= 0.6 is 0 Å². The molecule has 0 saturated carbocycles. The molecule has 0 saturated heterocycles. The van der Waals surface area contributed by atoms with Gasteiger partial charge in [-0.25, -0.2) is 9.48 Å². The van der Waals surface area contributed by atoms with Crippen LogP contribution in [0, 0.1) is 6.92 Å². The minimum absolute atomic E-state index is 0.228. The van der Waals surface area contributed by atoms with Crippen LogP contribution in [0.2, 0.25) is 0 Å². The average Bonchev–Trinajstić information content (AvgIpc) is 3.25. The highest BCUT2D eigenvalue weighted by Gasteiger charge is 2.45. The van der Waals surface area contributed by atoms with Crippen LogP contribution in [0.1, 0.15) is 22.9 Å². The molecule has 118 valence electrons. The normalized spacial score (nSPS) is 18.2. The number of rotatable bonds is 1. The van der Waals surface area contributed by atoms with Crippen LogP contribution in [-0.2, 0) is 4.79 Å². The summed E-state index contributed by atoms with van der Waals surface area (Å²) in [5.41, 5.74) is 10.2. The first kappa shape index (κ1) is 13.2. The molecule has 0 amide bonds. The molecule has 2 aliphatic heterocycles. The Morgan fingerprint density at radius 2 is 1.96 bits per heavy atom. The third kappa shape index (κ3) is 1.49. The predicted molar refractivity (Wildman–Crippen MR) is 87.6 cm³/mol. The Balaban J connectivity index is 1.80. The Bertz CT molecular complexity index is 1030. The van der Waals surface area contributed by atoms with Crippen LogP contribution in [0.5, 0.6) is 5.88 Å². The number of ether oxygens (including phenoxy) is 1. The quantitative estimate of drug-likeness (QED) is 0.698. The van der Waals surface area contributed by atoms with Crippen molar-refractivity contribution in [1.82, 2.24) is 14.3 Å². The van der Waals surface area contributed by atoms with Gasteiger partial charge in [-0.05, 0) is 31.2 Å². The first-order chi connectivity index (χ1) is 11.7. The first-order valence-corrected chi connectivity index (χ1v) is 7.71. The second-order valence-corrected chi connectivity index (χ2v) is 5.98. The minimum atomic E-state index is -0.411. The number of para-hydroxylation sites is 1. The highest BCUT2D eigenvalue weighted by atomic mass is 16.5. The summed E-state index contributed by atoms with van der Waals surface area (Å²) in [7, 11) is 0. The molecule has 0 radical (unpaired) electrons. The van der Waals surface area contributed by atoms with Gasteiger partial charge >= 0.3 is 5.97 Å². The molecule has 2 aromatic heterocycles. The molecule has 6 nitrogen and oxygen atoms in total. The second kappa shape index (κ2) is 4.38. The average molecular weight is 318 g/mol. The van der Waals surface area contributed by atoms with E-state index in [0.717, 1.165) is 22.6 Å². The Kier molecular flexibility index (Phi) is 2.41. The number of hydrogen-bond acceptors (Lipinski definition) is 4. The van der Waals surface area contributed by atoms with E-state index in [0.29, 0.717) is 17.3 Å². The number of carbonyl (C=O) groups is 1. The van der Waals surface area contributed by atoms with Crippen molar-refractivity contribution in [2.45, 2.75) is 12.8 Å². The van der Waals surface area contributed by atoms with Crippen LogP contribution in [0.15, 0.2) is 54.2 Å². The largest absolute Gasteiger partial charge is 0.403 e. The summed E-state index contributed by atoms with van der Waals surface area (Å²) in [4.78, 5) is 12.6. The Hall–Kier alpha value is -3.28. The number of aromatic nitrogens is 3. The summed E-state index contributed by atoms with van der Waals surface area (Å²) >= 11 is 0. The molecule has 1 unspecified atom stereocenters. The number of fused-ring (bicyclic) bond motifs is 5. The van der Waals surface area contributed by atoms with Crippen molar-refractivity contribution in [1.29, 1.82) is 0 Å². The topological polar surface area (TPSA) is 75.1 Å². The molecular weight excluding hydrogens is 304 g/mol. The van der Waals surface area contributed by atoms with Crippen LogP contribution in [0.4, 0.5) is 0 Å². The summed E-state index contributed by atoms with van der Waals surface area (Å²) in [5.74, 6) is 0.266. The van der Waals surface area contributed by atoms with Gasteiger partial charge in [0.15, 0.2) is 0 Å². The Morgan fingerprint density at radius 1 is 1.17 bits per heavy atom. The van der Waals surface area contributed by atoms with E-state index in [1.54, 1.807) is 4.68 Å². The van der Waals surface area contributed by atoms with Crippen molar-refractivity contribution in [3.8, 4) is 11.6 Å². The summed E-state index contributed by atoms with van der Waals surface area (Å²) < 4.78 is 9.16. The van der Waals surface area contributed by atoms with Gasteiger partial charge in [0.2, 0.25) is 5.88 Å². The molecule has 0 aliphatic carbocycles. The van der Waals surface area contributed by atoms with E-state index in [1.165, 1.54) is 0 Å². The van der Waals surface area contributed by atoms with E-state index in [-0.39, 0.29) is 5.92 Å².